The van der Waals surface area contributed by atoms with E-state index in [1.165, 1.54) is 0 Å². The molecule has 0 aliphatic heterocycles. The summed E-state index contributed by atoms with van der Waals surface area (Å²) >= 11 is 5.99. The molecule has 0 aliphatic carbocycles. The van der Waals surface area contributed by atoms with Gasteiger partial charge in [0.15, 0.2) is 0 Å². The van der Waals surface area contributed by atoms with Gasteiger partial charge in [0, 0.05) is 24.0 Å². The first-order valence-electron chi connectivity index (χ1n) is 6.99. The number of aromatic nitrogens is 2. The zero-order valence-electron chi connectivity index (χ0n) is 12.2. The molecule has 0 aliphatic rings. The molecule has 0 radical (unpaired) electrons. The van der Waals surface area contributed by atoms with Gasteiger partial charge in [0.2, 0.25) is 0 Å². The molecule has 5 heteroatoms. The summed E-state index contributed by atoms with van der Waals surface area (Å²) in [5.74, 6) is -0.0536. The third kappa shape index (κ3) is 4.02. The van der Waals surface area contributed by atoms with Gasteiger partial charge < -0.3 is 4.90 Å². The highest BCUT2D eigenvalue weighted by Gasteiger charge is 2.16. The fourth-order valence-corrected chi connectivity index (χ4v) is 2.28. The fraction of sp³-hybridized carbons (Fsp3) is 0.312. The van der Waals surface area contributed by atoms with Crippen LogP contribution >= 0.6 is 11.6 Å². The summed E-state index contributed by atoms with van der Waals surface area (Å²) in [6, 6.07) is 9.10. The SMILES string of the molecule is CCc1cc(C(=O)N(CC)Cc2ccccn2)cc(Cl)n1. The number of rotatable bonds is 5. The van der Waals surface area contributed by atoms with Crippen LogP contribution in [0, 0.1) is 0 Å². The van der Waals surface area contributed by atoms with Gasteiger partial charge in [-0.25, -0.2) is 4.98 Å². The molecule has 0 saturated carbocycles. The van der Waals surface area contributed by atoms with Gasteiger partial charge in [0.1, 0.15) is 5.15 Å². The standard InChI is InChI=1S/C16H18ClN3O/c1-3-13-9-12(10-15(17)19-13)16(21)20(4-2)11-14-7-5-6-8-18-14/h5-10H,3-4,11H2,1-2H3. The average molecular weight is 304 g/mol. The van der Waals surface area contributed by atoms with Crippen LogP contribution < -0.4 is 0 Å². The Hall–Kier alpha value is -1.94. The molecule has 110 valence electrons. The molecule has 0 unspecified atom stereocenters. The molecular formula is C16H18ClN3O. The van der Waals surface area contributed by atoms with Crippen LogP contribution in [0.5, 0.6) is 0 Å². The van der Waals surface area contributed by atoms with E-state index >= 15 is 0 Å². The number of halogens is 1. The lowest BCUT2D eigenvalue weighted by atomic mass is 10.1. The van der Waals surface area contributed by atoms with E-state index in [9.17, 15) is 4.79 Å². The summed E-state index contributed by atoms with van der Waals surface area (Å²) in [5, 5.41) is 0.353. The van der Waals surface area contributed by atoms with Gasteiger partial charge in [-0.05, 0) is 37.6 Å². The second-order valence-corrected chi connectivity index (χ2v) is 5.05. The molecule has 0 N–H and O–H groups in total. The summed E-state index contributed by atoms with van der Waals surface area (Å²) in [7, 11) is 0. The van der Waals surface area contributed by atoms with E-state index in [1.54, 1.807) is 23.2 Å². The molecule has 0 bridgehead atoms. The highest BCUT2D eigenvalue weighted by Crippen LogP contribution is 2.15. The van der Waals surface area contributed by atoms with E-state index in [4.69, 9.17) is 11.6 Å². The Balaban J connectivity index is 2.22. The summed E-state index contributed by atoms with van der Waals surface area (Å²) < 4.78 is 0. The Kier molecular flexibility index (Phi) is 5.28. The highest BCUT2D eigenvalue weighted by molar-refractivity contribution is 6.29. The van der Waals surface area contributed by atoms with E-state index < -0.39 is 0 Å². The predicted molar refractivity (Wildman–Crippen MR) is 83.3 cm³/mol. The van der Waals surface area contributed by atoms with Gasteiger partial charge in [0.05, 0.1) is 12.2 Å². The van der Waals surface area contributed by atoms with Crippen LogP contribution in [0.15, 0.2) is 36.5 Å². The molecule has 4 nitrogen and oxygen atoms in total. The molecule has 2 aromatic rings. The van der Waals surface area contributed by atoms with Crippen molar-refractivity contribution >= 4 is 17.5 Å². The Morgan fingerprint density at radius 2 is 2.05 bits per heavy atom. The van der Waals surface area contributed by atoms with Gasteiger partial charge >= 0.3 is 0 Å². The fourth-order valence-electron chi connectivity index (χ4n) is 2.05. The van der Waals surface area contributed by atoms with Crippen molar-refractivity contribution in [3.63, 3.8) is 0 Å². The number of carbonyl (C=O) groups is 1. The Labute approximate surface area is 129 Å². The smallest absolute Gasteiger partial charge is 0.254 e. The van der Waals surface area contributed by atoms with Crippen molar-refractivity contribution in [3.8, 4) is 0 Å². The van der Waals surface area contributed by atoms with Crippen LogP contribution in [-0.2, 0) is 13.0 Å². The lowest BCUT2D eigenvalue weighted by Crippen LogP contribution is -2.30. The molecule has 0 spiro atoms. The van der Waals surface area contributed by atoms with Crippen LogP contribution in [0.25, 0.3) is 0 Å². The third-order valence-electron chi connectivity index (χ3n) is 3.20. The number of pyridine rings is 2. The number of amides is 1. The van der Waals surface area contributed by atoms with Crippen LogP contribution in [0.4, 0.5) is 0 Å². The van der Waals surface area contributed by atoms with Gasteiger partial charge in [0.25, 0.3) is 5.91 Å². The number of carbonyl (C=O) groups excluding carboxylic acids is 1. The Morgan fingerprint density at radius 3 is 2.67 bits per heavy atom. The molecule has 0 fully saturated rings. The van der Waals surface area contributed by atoms with Crippen molar-refractivity contribution in [2.24, 2.45) is 0 Å². The Morgan fingerprint density at radius 1 is 1.24 bits per heavy atom. The summed E-state index contributed by atoms with van der Waals surface area (Å²) in [6.45, 7) is 5.02. The molecule has 21 heavy (non-hydrogen) atoms. The van der Waals surface area contributed by atoms with Crippen molar-refractivity contribution in [2.75, 3.05) is 6.54 Å². The summed E-state index contributed by atoms with van der Waals surface area (Å²) in [5.41, 5.74) is 2.26. The van der Waals surface area contributed by atoms with E-state index in [0.717, 1.165) is 17.8 Å². The largest absolute Gasteiger partial charge is 0.333 e. The Bertz CT molecular complexity index is 616. The minimum Gasteiger partial charge on any atom is -0.333 e. The maximum absolute atomic E-state index is 12.6. The first-order valence-corrected chi connectivity index (χ1v) is 7.37. The van der Waals surface area contributed by atoms with Crippen molar-refractivity contribution in [1.82, 2.24) is 14.9 Å². The van der Waals surface area contributed by atoms with Crippen molar-refractivity contribution in [2.45, 2.75) is 26.8 Å². The van der Waals surface area contributed by atoms with Crippen LogP contribution in [0.3, 0.4) is 0 Å². The summed E-state index contributed by atoms with van der Waals surface area (Å²) in [6.07, 6.45) is 2.47. The zero-order valence-corrected chi connectivity index (χ0v) is 13.0. The maximum atomic E-state index is 12.6. The minimum absolute atomic E-state index is 0.0536. The molecule has 0 aromatic carbocycles. The average Bonchev–Trinajstić information content (AvgIpc) is 2.52. The molecule has 1 amide bonds. The first-order chi connectivity index (χ1) is 10.1. The van der Waals surface area contributed by atoms with Crippen LogP contribution in [0.1, 0.15) is 35.6 Å². The van der Waals surface area contributed by atoms with E-state index in [2.05, 4.69) is 9.97 Å². The summed E-state index contributed by atoms with van der Waals surface area (Å²) in [4.78, 5) is 22.8. The second-order valence-electron chi connectivity index (χ2n) is 4.66. The van der Waals surface area contributed by atoms with E-state index in [1.807, 2.05) is 32.0 Å². The quantitative estimate of drug-likeness (QED) is 0.796. The lowest BCUT2D eigenvalue weighted by molar-refractivity contribution is 0.0750. The van der Waals surface area contributed by atoms with Crippen molar-refractivity contribution in [1.29, 1.82) is 0 Å². The van der Waals surface area contributed by atoms with Crippen LogP contribution in [-0.4, -0.2) is 27.3 Å². The molecule has 0 atom stereocenters. The van der Waals surface area contributed by atoms with Gasteiger partial charge in [-0.2, -0.15) is 0 Å². The second kappa shape index (κ2) is 7.18. The molecular weight excluding hydrogens is 286 g/mol. The van der Waals surface area contributed by atoms with E-state index in [-0.39, 0.29) is 5.91 Å². The lowest BCUT2D eigenvalue weighted by Gasteiger charge is -2.20. The first kappa shape index (κ1) is 15.4. The highest BCUT2D eigenvalue weighted by atomic mass is 35.5. The van der Waals surface area contributed by atoms with Crippen molar-refractivity contribution < 1.29 is 4.79 Å². The van der Waals surface area contributed by atoms with Gasteiger partial charge in [-0.3, -0.25) is 9.78 Å². The molecule has 2 aromatic heterocycles. The topological polar surface area (TPSA) is 46.1 Å². The normalized spacial score (nSPS) is 10.4. The van der Waals surface area contributed by atoms with Crippen LogP contribution in [0.2, 0.25) is 5.15 Å². The number of nitrogens with zero attached hydrogens (tertiary/aromatic N) is 3. The molecule has 2 rings (SSSR count). The van der Waals surface area contributed by atoms with Gasteiger partial charge in [-0.15, -0.1) is 0 Å². The maximum Gasteiger partial charge on any atom is 0.254 e. The number of aryl methyl sites for hydroxylation is 1. The predicted octanol–water partition coefficient (Wildman–Crippen LogP) is 3.35. The minimum atomic E-state index is -0.0536. The number of hydrogen-bond donors (Lipinski definition) is 0. The number of hydrogen-bond acceptors (Lipinski definition) is 3. The van der Waals surface area contributed by atoms with E-state index in [0.29, 0.717) is 23.8 Å². The third-order valence-corrected chi connectivity index (χ3v) is 3.40. The monoisotopic (exact) mass is 303 g/mol. The zero-order chi connectivity index (χ0) is 15.2. The van der Waals surface area contributed by atoms with Gasteiger partial charge in [-0.1, -0.05) is 24.6 Å². The van der Waals surface area contributed by atoms with Crippen molar-refractivity contribution in [3.05, 3.63) is 58.6 Å². The molecule has 0 saturated heterocycles. The molecule has 2 heterocycles.